The molecule has 0 fully saturated rings. The van der Waals surface area contributed by atoms with Gasteiger partial charge in [0.15, 0.2) is 0 Å². The Morgan fingerprint density at radius 1 is 1.37 bits per heavy atom. The van der Waals surface area contributed by atoms with Crippen molar-refractivity contribution in [1.29, 1.82) is 0 Å². The third kappa shape index (κ3) is 6.80. The molecule has 0 unspecified atom stereocenters. The molecule has 2 amide bonds. The predicted molar refractivity (Wildman–Crippen MR) is 133 cm³/mol. The molecule has 8 nitrogen and oxygen atoms in total. The summed E-state index contributed by atoms with van der Waals surface area (Å²) in [5.74, 6) is 5.95. The average molecular weight is 479 g/mol. The Morgan fingerprint density at radius 3 is 2.80 bits per heavy atom. The molecule has 1 aliphatic rings. The summed E-state index contributed by atoms with van der Waals surface area (Å²) in [7, 11) is 1.75. The van der Waals surface area contributed by atoms with E-state index in [4.69, 9.17) is 4.74 Å². The van der Waals surface area contributed by atoms with Crippen molar-refractivity contribution in [3.8, 4) is 17.7 Å². The summed E-state index contributed by atoms with van der Waals surface area (Å²) in [5.41, 5.74) is 1.84. The highest BCUT2D eigenvalue weighted by molar-refractivity contribution is 5.97. The maximum absolute atomic E-state index is 13.4. The topological polar surface area (TPSA) is 95.9 Å². The fourth-order valence-corrected chi connectivity index (χ4v) is 3.86. The van der Waals surface area contributed by atoms with Gasteiger partial charge in [0.25, 0.3) is 5.91 Å². The van der Waals surface area contributed by atoms with Gasteiger partial charge in [-0.15, -0.1) is 0 Å². The number of rotatable bonds is 7. The second kappa shape index (κ2) is 12.3. The summed E-state index contributed by atoms with van der Waals surface area (Å²) in [6.07, 6.45) is 6.51. The highest BCUT2D eigenvalue weighted by Crippen LogP contribution is 2.27. The number of aromatic nitrogens is 2. The molecule has 0 saturated heterocycles. The number of hydrogen-bond acceptors (Lipinski definition) is 6. The number of likely N-dealkylation sites (N-methyl/N-ethyl adjacent to an activating group) is 1. The van der Waals surface area contributed by atoms with Gasteiger partial charge in [0.2, 0.25) is 11.8 Å². The van der Waals surface area contributed by atoms with E-state index in [1.54, 1.807) is 41.5 Å². The van der Waals surface area contributed by atoms with Crippen LogP contribution in [0.3, 0.4) is 0 Å². The zero-order valence-electron chi connectivity index (χ0n) is 20.9. The van der Waals surface area contributed by atoms with E-state index < -0.39 is 6.10 Å². The summed E-state index contributed by atoms with van der Waals surface area (Å²) in [6.45, 7) is 6.39. The van der Waals surface area contributed by atoms with Crippen molar-refractivity contribution in [3.05, 3.63) is 53.5 Å². The number of fused-ring (bicyclic) bond motifs is 1. The van der Waals surface area contributed by atoms with Crippen molar-refractivity contribution in [2.75, 3.05) is 26.7 Å². The van der Waals surface area contributed by atoms with E-state index in [9.17, 15) is 14.7 Å². The van der Waals surface area contributed by atoms with E-state index in [-0.39, 0.29) is 42.7 Å². The molecule has 35 heavy (non-hydrogen) atoms. The number of pyridine rings is 2. The van der Waals surface area contributed by atoms with E-state index in [0.29, 0.717) is 24.2 Å². The van der Waals surface area contributed by atoms with Crippen LogP contribution in [0.1, 0.15) is 55.1 Å². The van der Waals surface area contributed by atoms with Crippen molar-refractivity contribution in [1.82, 2.24) is 19.8 Å². The van der Waals surface area contributed by atoms with Crippen LogP contribution in [0.5, 0.6) is 5.88 Å². The molecule has 3 rings (SSSR count). The summed E-state index contributed by atoms with van der Waals surface area (Å²) in [4.78, 5) is 38.0. The normalized spacial score (nSPS) is 18.3. The van der Waals surface area contributed by atoms with Crippen LogP contribution >= 0.6 is 0 Å². The highest BCUT2D eigenvalue weighted by Gasteiger charge is 2.34. The molecule has 0 radical (unpaired) electrons. The van der Waals surface area contributed by atoms with Crippen LogP contribution < -0.4 is 4.74 Å². The van der Waals surface area contributed by atoms with Crippen LogP contribution in [0.25, 0.3) is 0 Å². The number of nitrogens with zero attached hydrogens (tertiary/aromatic N) is 4. The van der Waals surface area contributed by atoms with Gasteiger partial charge in [0, 0.05) is 50.1 Å². The molecule has 0 bridgehead atoms. The Labute approximate surface area is 207 Å². The fourth-order valence-electron chi connectivity index (χ4n) is 3.86. The molecular formula is C27H34N4O4. The van der Waals surface area contributed by atoms with E-state index in [1.807, 2.05) is 26.0 Å². The molecule has 186 valence electrons. The van der Waals surface area contributed by atoms with Gasteiger partial charge in [0.05, 0.1) is 25.6 Å². The predicted octanol–water partition coefficient (Wildman–Crippen LogP) is 2.55. The van der Waals surface area contributed by atoms with Crippen LogP contribution in [-0.2, 0) is 11.2 Å². The molecule has 0 aliphatic carbocycles. The fraction of sp³-hybridized carbons (Fsp3) is 0.481. The highest BCUT2D eigenvalue weighted by atomic mass is 16.5. The third-order valence-electron chi connectivity index (χ3n) is 6.11. The van der Waals surface area contributed by atoms with Gasteiger partial charge in [-0.1, -0.05) is 25.7 Å². The average Bonchev–Trinajstić information content (AvgIpc) is 2.86. The molecule has 1 N–H and O–H groups in total. The van der Waals surface area contributed by atoms with E-state index in [0.717, 1.165) is 18.4 Å². The Kier molecular flexibility index (Phi) is 9.21. The first-order valence-corrected chi connectivity index (χ1v) is 12.0. The number of aliphatic hydroxyl groups excluding tert-OH is 1. The minimum atomic E-state index is -0.397. The van der Waals surface area contributed by atoms with Crippen LogP contribution in [0, 0.1) is 17.8 Å². The third-order valence-corrected chi connectivity index (χ3v) is 6.11. The van der Waals surface area contributed by atoms with Gasteiger partial charge in [-0.2, -0.15) is 0 Å². The quantitative estimate of drug-likeness (QED) is 0.615. The first-order chi connectivity index (χ1) is 16.8. The number of carbonyl (C=O) groups excluding carboxylic acids is 2. The lowest BCUT2D eigenvalue weighted by Crippen LogP contribution is -2.50. The van der Waals surface area contributed by atoms with Gasteiger partial charge in [-0.25, -0.2) is 4.98 Å². The lowest BCUT2D eigenvalue weighted by molar-refractivity contribution is -0.130. The maximum Gasteiger partial charge on any atom is 0.259 e. The second-order valence-electron chi connectivity index (χ2n) is 9.06. The molecular weight excluding hydrogens is 444 g/mol. The molecule has 1 aliphatic heterocycles. The van der Waals surface area contributed by atoms with E-state index in [1.165, 1.54) is 0 Å². The SMILES string of the molecule is CCCC#Cc1cnc2c(c1)C(=O)N([C@@H](C)CO)C[C@@H](C)[C@@H](CN(C)C(=O)Cc1ccncc1)O2. The first kappa shape index (κ1) is 26.2. The van der Waals surface area contributed by atoms with E-state index in [2.05, 4.69) is 28.7 Å². The summed E-state index contributed by atoms with van der Waals surface area (Å²) in [5, 5.41) is 9.80. The number of aliphatic hydroxyl groups is 1. The van der Waals surface area contributed by atoms with Gasteiger partial charge < -0.3 is 19.6 Å². The second-order valence-corrected chi connectivity index (χ2v) is 9.06. The minimum absolute atomic E-state index is 0.0413. The van der Waals surface area contributed by atoms with Crippen molar-refractivity contribution < 1.29 is 19.4 Å². The Bertz CT molecular complexity index is 1080. The molecule has 2 aromatic heterocycles. The van der Waals surface area contributed by atoms with E-state index >= 15 is 0 Å². The monoisotopic (exact) mass is 478 g/mol. The Morgan fingerprint density at radius 2 is 2.11 bits per heavy atom. The molecule has 3 heterocycles. The molecule has 8 heteroatoms. The Hall–Kier alpha value is -3.44. The zero-order valence-corrected chi connectivity index (χ0v) is 20.9. The smallest absolute Gasteiger partial charge is 0.259 e. The molecule has 0 aromatic carbocycles. The number of amides is 2. The summed E-state index contributed by atoms with van der Waals surface area (Å²) < 4.78 is 6.26. The molecule has 0 spiro atoms. The summed E-state index contributed by atoms with van der Waals surface area (Å²) in [6, 6.07) is 4.97. The van der Waals surface area contributed by atoms with Crippen LogP contribution in [-0.4, -0.2) is 75.6 Å². The number of carbonyl (C=O) groups is 2. The lowest BCUT2D eigenvalue weighted by atomic mass is 9.99. The zero-order chi connectivity index (χ0) is 25.4. The molecule has 0 saturated carbocycles. The van der Waals surface area contributed by atoms with Crippen LogP contribution in [0.4, 0.5) is 0 Å². The van der Waals surface area contributed by atoms with Crippen LogP contribution in [0.15, 0.2) is 36.8 Å². The number of unbranched alkanes of at least 4 members (excludes halogenated alkanes) is 1. The van der Waals surface area contributed by atoms with Gasteiger partial charge in [-0.05, 0) is 37.1 Å². The Balaban J connectivity index is 1.87. The molecule has 3 atom stereocenters. The van der Waals surface area contributed by atoms with Crippen molar-refractivity contribution in [3.63, 3.8) is 0 Å². The van der Waals surface area contributed by atoms with Crippen molar-refractivity contribution in [2.45, 2.75) is 52.2 Å². The van der Waals surface area contributed by atoms with Gasteiger partial charge in [-0.3, -0.25) is 14.6 Å². The van der Waals surface area contributed by atoms with Crippen molar-refractivity contribution >= 4 is 11.8 Å². The minimum Gasteiger partial charge on any atom is -0.472 e. The van der Waals surface area contributed by atoms with Gasteiger partial charge in [0.1, 0.15) is 11.7 Å². The first-order valence-electron chi connectivity index (χ1n) is 12.0. The maximum atomic E-state index is 13.4. The number of hydrogen-bond donors (Lipinski definition) is 1. The van der Waals surface area contributed by atoms with Crippen LogP contribution in [0.2, 0.25) is 0 Å². The molecule has 2 aromatic rings. The standard InChI is InChI=1S/C27H34N4O4/c1-5-6-7-8-22-13-23-26(29-15-22)35-24(19(2)16-31(27(23)34)20(3)18-32)17-30(4)25(33)14-21-9-11-28-12-10-21/h9-13,15,19-20,24,32H,5-6,14,16-18H2,1-4H3/t19-,20+,24-/m1/s1. The summed E-state index contributed by atoms with van der Waals surface area (Å²) >= 11 is 0. The lowest BCUT2D eigenvalue weighted by Gasteiger charge is -2.37. The van der Waals surface area contributed by atoms with Crippen molar-refractivity contribution in [2.24, 2.45) is 5.92 Å². The largest absolute Gasteiger partial charge is 0.472 e. The number of ether oxygens (including phenoxy) is 1. The van der Waals surface area contributed by atoms with Gasteiger partial charge >= 0.3 is 0 Å².